The zero-order valence-electron chi connectivity index (χ0n) is 11.4. The van der Waals surface area contributed by atoms with Crippen LogP contribution in [-0.4, -0.2) is 23.8 Å². The molecule has 0 fully saturated rings. The molecule has 2 aromatic heterocycles. The first-order valence-electron chi connectivity index (χ1n) is 6.48. The summed E-state index contributed by atoms with van der Waals surface area (Å²) in [4.78, 5) is 28.7. The van der Waals surface area contributed by atoms with Crippen LogP contribution in [0.4, 0.5) is 0 Å². The average Bonchev–Trinajstić information content (AvgIpc) is 3.04. The number of fused-ring (bicyclic) bond motifs is 1. The van der Waals surface area contributed by atoms with Gasteiger partial charge in [0.05, 0.1) is 18.2 Å². The van der Waals surface area contributed by atoms with E-state index in [1.54, 1.807) is 18.3 Å². The first-order valence-corrected chi connectivity index (χ1v) is 7.36. The van der Waals surface area contributed by atoms with Crippen LogP contribution in [-0.2, 0) is 11.2 Å². The largest absolute Gasteiger partial charge is 0.465 e. The van der Waals surface area contributed by atoms with E-state index in [1.807, 2.05) is 11.4 Å². The highest BCUT2D eigenvalue weighted by Gasteiger charge is 2.33. The minimum Gasteiger partial charge on any atom is -0.465 e. The first-order chi connectivity index (χ1) is 9.61. The maximum absolute atomic E-state index is 12.4. The van der Waals surface area contributed by atoms with Gasteiger partial charge in [-0.25, -0.2) is 4.79 Å². The number of nitrogens with one attached hydrogen (secondary N) is 1. The standard InChI is InChI=1S/C15H15NO3S/c1-8-13(15(18)19-2)14-10(16-8)6-9(7-11(14)17)12-4-3-5-20-12/h3-5,9,16H,6-7H2,1-2H3/t9-/m0/s1. The smallest absolute Gasteiger partial charge is 0.340 e. The Morgan fingerprint density at radius 3 is 2.90 bits per heavy atom. The number of ketones is 1. The lowest BCUT2D eigenvalue weighted by atomic mass is 9.84. The third-order valence-electron chi connectivity index (χ3n) is 3.76. The maximum Gasteiger partial charge on any atom is 0.340 e. The summed E-state index contributed by atoms with van der Waals surface area (Å²) in [6.07, 6.45) is 1.22. The van der Waals surface area contributed by atoms with Gasteiger partial charge in [-0.2, -0.15) is 0 Å². The van der Waals surface area contributed by atoms with Crippen LogP contribution in [0.5, 0.6) is 0 Å². The molecule has 0 bridgehead atoms. The Kier molecular flexibility index (Phi) is 3.22. The molecule has 5 heteroatoms. The molecule has 1 aliphatic rings. The lowest BCUT2D eigenvalue weighted by Crippen LogP contribution is -2.20. The Morgan fingerprint density at radius 1 is 1.45 bits per heavy atom. The third kappa shape index (κ3) is 1.98. The van der Waals surface area contributed by atoms with Crippen LogP contribution in [0.3, 0.4) is 0 Å². The minimum absolute atomic E-state index is 0.0226. The summed E-state index contributed by atoms with van der Waals surface area (Å²) in [5.41, 5.74) is 2.50. The van der Waals surface area contributed by atoms with Gasteiger partial charge in [0.2, 0.25) is 0 Å². The molecule has 0 saturated heterocycles. The quantitative estimate of drug-likeness (QED) is 0.864. The number of hydrogen-bond donors (Lipinski definition) is 1. The summed E-state index contributed by atoms with van der Waals surface area (Å²) in [6, 6.07) is 4.06. The Labute approximate surface area is 120 Å². The molecule has 0 saturated carbocycles. The molecule has 1 N–H and O–H groups in total. The lowest BCUT2D eigenvalue weighted by Gasteiger charge is -2.20. The molecule has 4 nitrogen and oxygen atoms in total. The van der Waals surface area contributed by atoms with Crippen molar-refractivity contribution in [3.63, 3.8) is 0 Å². The van der Waals surface area contributed by atoms with Crippen molar-refractivity contribution in [1.29, 1.82) is 0 Å². The van der Waals surface area contributed by atoms with Crippen LogP contribution >= 0.6 is 11.3 Å². The SMILES string of the molecule is COC(=O)c1c(C)[nH]c2c1C(=O)C[C@@H](c1cccs1)C2. The van der Waals surface area contributed by atoms with Crippen molar-refractivity contribution < 1.29 is 14.3 Å². The number of thiophene rings is 1. The second-order valence-corrected chi connectivity index (χ2v) is 5.99. The topological polar surface area (TPSA) is 59.2 Å². The van der Waals surface area contributed by atoms with E-state index in [2.05, 4.69) is 11.1 Å². The van der Waals surface area contributed by atoms with Gasteiger partial charge in [-0.1, -0.05) is 6.07 Å². The molecule has 2 aromatic rings. The highest BCUT2D eigenvalue weighted by molar-refractivity contribution is 7.10. The first kappa shape index (κ1) is 13.1. The highest BCUT2D eigenvalue weighted by Crippen LogP contribution is 2.36. The summed E-state index contributed by atoms with van der Waals surface area (Å²) in [7, 11) is 1.34. The number of ether oxygens (including phenoxy) is 1. The molecule has 0 spiro atoms. The maximum atomic E-state index is 12.4. The Hall–Kier alpha value is -1.88. The molecular weight excluding hydrogens is 274 g/mol. The second kappa shape index (κ2) is 4.90. The number of methoxy groups -OCH3 is 1. The van der Waals surface area contributed by atoms with Crippen molar-refractivity contribution in [3.05, 3.63) is 44.9 Å². The Morgan fingerprint density at radius 2 is 2.25 bits per heavy atom. The van der Waals surface area contributed by atoms with E-state index < -0.39 is 5.97 Å². The van der Waals surface area contributed by atoms with Gasteiger partial charge in [0.15, 0.2) is 5.78 Å². The monoisotopic (exact) mass is 289 g/mol. The van der Waals surface area contributed by atoms with Crippen molar-refractivity contribution >= 4 is 23.1 Å². The van der Waals surface area contributed by atoms with Crippen LogP contribution in [0.2, 0.25) is 0 Å². The molecule has 1 atom stereocenters. The number of rotatable bonds is 2. The number of aromatic amines is 1. The van der Waals surface area contributed by atoms with E-state index in [0.717, 1.165) is 12.1 Å². The van der Waals surface area contributed by atoms with E-state index in [4.69, 9.17) is 4.74 Å². The van der Waals surface area contributed by atoms with Crippen LogP contribution in [0.15, 0.2) is 17.5 Å². The van der Waals surface area contributed by atoms with Gasteiger partial charge in [-0.3, -0.25) is 4.79 Å². The molecular formula is C15H15NO3S. The summed E-state index contributed by atoms with van der Waals surface area (Å²) >= 11 is 1.67. The normalized spacial score (nSPS) is 17.9. The Bertz CT molecular complexity index is 670. The number of aromatic nitrogens is 1. The number of hydrogen-bond acceptors (Lipinski definition) is 4. The number of aryl methyl sites for hydroxylation is 1. The van der Waals surface area contributed by atoms with E-state index in [-0.39, 0.29) is 11.7 Å². The van der Waals surface area contributed by atoms with E-state index in [9.17, 15) is 9.59 Å². The fourth-order valence-corrected chi connectivity index (χ4v) is 3.71. The van der Waals surface area contributed by atoms with Gasteiger partial charge >= 0.3 is 5.97 Å². The zero-order chi connectivity index (χ0) is 14.3. The highest BCUT2D eigenvalue weighted by atomic mass is 32.1. The minimum atomic E-state index is -0.442. The molecule has 0 amide bonds. The number of esters is 1. The number of H-pyrrole nitrogens is 1. The van der Waals surface area contributed by atoms with Gasteiger partial charge < -0.3 is 9.72 Å². The van der Waals surface area contributed by atoms with E-state index in [1.165, 1.54) is 12.0 Å². The van der Waals surface area contributed by atoms with Crippen molar-refractivity contribution in [2.75, 3.05) is 7.11 Å². The number of Topliss-reactive ketones (excluding diaryl/α,β-unsaturated/α-hetero) is 1. The summed E-state index contributed by atoms with van der Waals surface area (Å²) in [5.74, 6) is -0.212. The van der Waals surface area contributed by atoms with Crippen LogP contribution in [0.1, 0.15) is 49.3 Å². The van der Waals surface area contributed by atoms with Gasteiger partial charge in [0, 0.05) is 28.6 Å². The molecule has 104 valence electrons. The molecule has 0 radical (unpaired) electrons. The molecule has 1 aliphatic carbocycles. The van der Waals surface area contributed by atoms with Crippen molar-refractivity contribution in [2.24, 2.45) is 0 Å². The third-order valence-corrected chi connectivity index (χ3v) is 4.80. The molecule has 0 unspecified atom stereocenters. The fraction of sp³-hybridized carbons (Fsp3) is 0.333. The summed E-state index contributed by atoms with van der Waals surface area (Å²) < 4.78 is 4.78. The zero-order valence-corrected chi connectivity index (χ0v) is 12.2. The van der Waals surface area contributed by atoms with Crippen molar-refractivity contribution in [1.82, 2.24) is 4.98 Å². The molecule has 20 heavy (non-hydrogen) atoms. The lowest BCUT2D eigenvalue weighted by molar-refractivity contribution is 0.0596. The van der Waals surface area contributed by atoms with E-state index >= 15 is 0 Å². The average molecular weight is 289 g/mol. The summed E-state index contributed by atoms with van der Waals surface area (Å²) in [5, 5.41) is 2.02. The molecule has 0 aliphatic heterocycles. The predicted molar refractivity (Wildman–Crippen MR) is 76.6 cm³/mol. The summed E-state index contributed by atoms with van der Waals surface area (Å²) in [6.45, 7) is 1.80. The van der Waals surface area contributed by atoms with Gasteiger partial charge in [-0.05, 0) is 24.8 Å². The van der Waals surface area contributed by atoms with Gasteiger partial charge in [0.1, 0.15) is 0 Å². The van der Waals surface area contributed by atoms with Gasteiger partial charge in [0.25, 0.3) is 0 Å². The van der Waals surface area contributed by atoms with Crippen molar-refractivity contribution in [3.8, 4) is 0 Å². The van der Waals surface area contributed by atoms with Crippen LogP contribution in [0, 0.1) is 6.92 Å². The second-order valence-electron chi connectivity index (χ2n) is 5.01. The number of carbonyl (C=O) groups excluding carboxylic acids is 2. The molecule has 2 heterocycles. The van der Waals surface area contributed by atoms with Crippen LogP contribution < -0.4 is 0 Å². The van der Waals surface area contributed by atoms with Crippen molar-refractivity contribution in [2.45, 2.75) is 25.7 Å². The fourth-order valence-electron chi connectivity index (χ4n) is 2.88. The van der Waals surface area contributed by atoms with E-state index in [0.29, 0.717) is 23.2 Å². The number of carbonyl (C=O) groups is 2. The van der Waals surface area contributed by atoms with Crippen LogP contribution in [0.25, 0.3) is 0 Å². The molecule has 0 aromatic carbocycles. The molecule has 3 rings (SSSR count). The Balaban J connectivity index is 2.03. The predicted octanol–water partition coefficient (Wildman–Crippen LogP) is 3.08. The van der Waals surface area contributed by atoms with Gasteiger partial charge in [-0.15, -0.1) is 11.3 Å².